The topological polar surface area (TPSA) is 488 Å². The minimum absolute atomic E-state index is 0.0475. The third-order valence-electron chi connectivity index (χ3n) is 11.9. The lowest BCUT2D eigenvalue weighted by molar-refractivity contribution is -0.136. The molecule has 4 unspecified atom stereocenters. The number of aliphatic hydroxyl groups excluding tert-OH is 2. The molecule has 0 aliphatic carbocycles. The van der Waals surface area contributed by atoms with Gasteiger partial charge in [-0.25, -0.2) is 0 Å². The van der Waals surface area contributed by atoms with Gasteiger partial charge < -0.3 is 97.8 Å². The highest BCUT2D eigenvalue weighted by atomic mass is 16.3. The summed E-state index contributed by atoms with van der Waals surface area (Å²) in [5, 5.41) is 46.4. The lowest BCUT2D eigenvalue weighted by atomic mass is 10.00. The Balaban J connectivity index is 2.74. The van der Waals surface area contributed by atoms with E-state index in [0.717, 1.165) is 0 Å². The molecule has 0 spiro atoms. The van der Waals surface area contributed by atoms with Gasteiger partial charge in [0.2, 0.25) is 59.1 Å². The van der Waals surface area contributed by atoms with Crippen molar-refractivity contribution in [3.8, 4) is 0 Å². The molecular formula is C47H82N16O12. The van der Waals surface area contributed by atoms with Crippen LogP contribution in [0, 0.1) is 5.92 Å². The molecule has 10 amide bonds. The van der Waals surface area contributed by atoms with E-state index in [-0.39, 0.29) is 83.6 Å². The zero-order valence-electron chi connectivity index (χ0n) is 43.2. The summed E-state index contributed by atoms with van der Waals surface area (Å²) >= 11 is 0. The maximum Gasteiger partial charge on any atom is 0.245 e. The van der Waals surface area contributed by atoms with Crippen molar-refractivity contribution in [2.75, 3.05) is 39.3 Å². The Morgan fingerprint density at radius 1 is 0.587 bits per heavy atom. The first kappa shape index (κ1) is 64.7. The maximum atomic E-state index is 14.4. The molecule has 2 rings (SSSR count). The van der Waals surface area contributed by atoms with Gasteiger partial charge in [-0.1, -0.05) is 44.2 Å². The molecule has 0 aromatic heterocycles. The summed E-state index contributed by atoms with van der Waals surface area (Å²) in [4.78, 5) is 139. The largest absolute Gasteiger partial charge is 0.391 e. The van der Waals surface area contributed by atoms with Gasteiger partial charge in [-0.2, -0.15) is 0 Å². The zero-order chi connectivity index (χ0) is 56.4. The molecule has 1 aliphatic rings. The normalized spacial score (nSPS) is 24.0. The van der Waals surface area contributed by atoms with Crippen LogP contribution in [0.2, 0.25) is 0 Å². The molecule has 0 saturated carbocycles. The molecular weight excluding hydrogens is 981 g/mol. The Bertz CT molecular complexity index is 2050. The molecule has 1 heterocycles. The smallest absolute Gasteiger partial charge is 0.245 e. The summed E-state index contributed by atoms with van der Waals surface area (Å²) < 4.78 is 0. The molecule has 422 valence electrons. The van der Waals surface area contributed by atoms with Crippen molar-refractivity contribution in [2.45, 2.75) is 152 Å². The second kappa shape index (κ2) is 33.5. The Morgan fingerprint density at radius 2 is 1.07 bits per heavy atom. The van der Waals surface area contributed by atoms with Crippen molar-refractivity contribution < 1.29 is 58.2 Å². The maximum absolute atomic E-state index is 14.4. The molecule has 1 aromatic carbocycles. The van der Waals surface area contributed by atoms with Gasteiger partial charge in [-0.15, -0.1) is 0 Å². The molecule has 1 aromatic rings. The van der Waals surface area contributed by atoms with Crippen LogP contribution >= 0.6 is 0 Å². The van der Waals surface area contributed by atoms with Crippen molar-refractivity contribution in [3.63, 3.8) is 0 Å². The van der Waals surface area contributed by atoms with Gasteiger partial charge in [0.15, 0.2) is 0 Å². The second-order valence-electron chi connectivity index (χ2n) is 18.8. The van der Waals surface area contributed by atoms with Crippen LogP contribution in [-0.4, -0.2) is 181 Å². The summed E-state index contributed by atoms with van der Waals surface area (Å²) in [6, 6.07) is -5.92. The Kier molecular flexibility index (Phi) is 28.9. The highest BCUT2D eigenvalue weighted by Gasteiger charge is 2.37. The highest BCUT2D eigenvalue weighted by molar-refractivity contribution is 5.99. The van der Waals surface area contributed by atoms with Crippen LogP contribution in [0.5, 0.6) is 0 Å². The van der Waals surface area contributed by atoms with E-state index in [1.54, 1.807) is 44.2 Å². The molecule has 75 heavy (non-hydrogen) atoms. The number of rotatable bonds is 22. The van der Waals surface area contributed by atoms with E-state index in [1.165, 1.54) is 13.8 Å². The minimum Gasteiger partial charge on any atom is -0.391 e. The van der Waals surface area contributed by atoms with Crippen molar-refractivity contribution in [1.82, 2.24) is 53.2 Å². The molecule has 28 nitrogen and oxygen atoms in total. The van der Waals surface area contributed by atoms with Crippen molar-refractivity contribution in [1.29, 1.82) is 0 Å². The number of hydrogen-bond acceptors (Lipinski definition) is 18. The molecule has 12 atom stereocenters. The Hall–Kier alpha value is -6.40. The predicted octanol–water partition coefficient (Wildman–Crippen LogP) is -8.01. The summed E-state index contributed by atoms with van der Waals surface area (Å²) in [5.41, 5.74) is 35.3. The van der Waals surface area contributed by atoms with Crippen molar-refractivity contribution in [3.05, 3.63) is 35.9 Å². The lowest BCUT2D eigenvalue weighted by Gasteiger charge is -2.28. The average molecular weight is 1060 g/mol. The fourth-order valence-corrected chi connectivity index (χ4v) is 7.75. The lowest BCUT2D eigenvalue weighted by Crippen LogP contribution is -2.61. The number of aliphatic hydroxyl groups is 2. The number of carbonyl (C=O) groups is 10. The minimum atomic E-state index is -1.67. The van der Waals surface area contributed by atoms with Crippen molar-refractivity contribution >= 4 is 59.1 Å². The summed E-state index contributed by atoms with van der Waals surface area (Å²) in [6.07, 6.45) is -4.24. The number of nitrogens with two attached hydrogens (primary N) is 6. The fourth-order valence-electron chi connectivity index (χ4n) is 7.75. The molecule has 0 bridgehead atoms. The summed E-state index contributed by atoms with van der Waals surface area (Å²) in [6.45, 7) is 4.96. The molecule has 24 N–H and O–H groups in total. The SMILES string of the molecule is CC(C)CC1NC(=O)C(Cc2ccccc2)NC(=O)[C@H](CCN)NC(=O)C(NC(=O)[C@H](CCN)NC(=O)[C@@H](NC(=O)[C@@H](N)CCN)[C@@H](C)O)CCNC(=O)[C@H]([C@@H](C)O)NC(=O)[C@H](CCN)NC(=O)C(CCN)NC1=O. The van der Waals surface area contributed by atoms with Gasteiger partial charge in [0, 0.05) is 13.0 Å². The third kappa shape index (κ3) is 22.2. The zero-order valence-corrected chi connectivity index (χ0v) is 43.2. The van der Waals surface area contributed by atoms with Gasteiger partial charge in [-0.05, 0) is 103 Å². The van der Waals surface area contributed by atoms with Gasteiger partial charge >= 0.3 is 0 Å². The number of hydrogen-bond donors (Lipinski definition) is 18. The third-order valence-corrected chi connectivity index (χ3v) is 11.9. The van der Waals surface area contributed by atoms with Gasteiger partial charge in [-0.3, -0.25) is 47.9 Å². The van der Waals surface area contributed by atoms with Crippen molar-refractivity contribution in [2.24, 2.45) is 40.3 Å². The number of nitrogens with one attached hydrogen (secondary N) is 10. The predicted molar refractivity (Wildman–Crippen MR) is 274 cm³/mol. The van der Waals surface area contributed by atoms with E-state index < -0.39 is 145 Å². The molecule has 28 heteroatoms. The molecule has 1 fully saturated rings. The number of carbonyl (C=O) groups excluding carboxylic acids is 10. The van der Waals surface area contributed by atoms with Crippen LogP contribution in [0.15, 0.2) is 30.3 Å². The van der Waals surface area contributed by atoms with E-state index in [2.05, 4.69) is 53.2 Å². The average Bonchev–Trinajstić information content (AvgIpc) is 3.35. The van der Waals surface area contributed by atoms with Gasteiger partial charge in [0.05, 0.1) is 18.2 Å². The van der Waals surface area contributed by atoms with E-state index in [1.807, 2.05) is 0 Å². The standard InChI is InChI=1S/C47H82N16O12/c1-24(2)22-34-44(72)57-29(11-17-49)39(67)56-32(14-20-52)43(71)63-36(25(3)64)46(74)54-21-15-33(58-40(68)31(13-19-51)59-47(75)37(26(4)65)62-38(66)28(53)10-16-48)42(70)55-30(12-18-50)41(69)61-35(45(73)60-34)23-27-8-6-5-7-9-27/h5-9,24-26,28-37,64-65H,10-23,48-53H2,1-4H3,(H,54,74)(H,55,70)(H,56,67)(H,57,72)(H,58,68)(H,59,75)(H,60,73)(H,61,69)(H,62,66)(H,63,71)/t25-,26-,28+,29?,30+,31+,32+,33?,34?,35?,36+,37+/m1/s1. The van der Waals surface area contributed by atoms with Crippen LogP contribution in [0.3, 0.4) is 0 Å². The van der Waals surface area contributed by atoms with E-state index >= 15 is 0 Å². The second-order valence-corrected chi connectivity index (χ2v) is 18.8. The van der Waals surface area contributed by atoms with Crippen LogP contribution in [0.1, 0.15) is 78.2 Å². The number of benzene rings is 1. The van der Waals surface area contributed by atoms with Crippen LogP contribution < -0.4 is 87.6 Å². The van der Waals surface area contributed by atoms with Gasteiger partial charge in [0.1, 0.15) is 54.4 Å². The Labute approximate surface area is 436 Å². The number of amides is 10. The first-order chi connectivity index (χ1) is 35.5. The summed E-state index contributed by atoms with van der Waals surface area (Å²) in [5.74, 6) is -9.37. The molecule has 0 radical (unpaired) electrons. The van der Waals surface area contributed by atoms with Gasteiger partial charge in [0.25, 0.3) is 0 Å². The van der Waals surface area contributed by atoms with Crippen LogP contribution in [0.4, 0.5) is 0 Å². The van der Waals surface area contributed by atoms with E-state index in [9.17, 15) is 58.2 Å². The monoisotopic (exact) mass is 1060 g/mol. The Morgan fingerprint density at radius 3 is 1.56 bits per heavy atom. The first-order valence-electron chi connectivity index (χ1n) is 25.2. The molecule has 1 aliphatic heterocycles. The van der Waals surface area contributed by atoms with Crippen LogP contribution in [0.25, 0.3) is 0 Å². The van der Waals surface area contributed by atoms with Crippen LogP contribution in [-0.2, 0) is 54.4 Å². The van der Waals surface area contributed by atoms with E-state index in [0.29, 0.717) is 5.56 Å². The highest BCUT2D eigenvalue weighted by Crippen LogP contribution is 2.11. The first-order valence-corrected chi connectivity index (χ1v) is 25.2. The quantitative estimate of drug-likeness (QED) is 0.0513. The molecule has 1 saturated heterocycles. The summed E-state index contributed by atoms with van der Waals surface area (Å²) in [7, 11) is 0. The fraction of sp³-hybridized carbons (Fsp3) is 0.660. The van der Waals surface area contributed by atoms with E-state index in [4.69, 9.17) is 34.4 Å².